The van der Waals surface area contributed by atoms with Gasteiger partial charge in [-0.15, -0.1) is 0 Å². The highest BCUT2D eigenvalue weighted by molar-refractivity contribution is 5.73. The fourth-order valence-electron chi connectivity index (χ4n) is 3.92. The topological polar surface area (TPSA) is 85.9 Å². The lowest BCUT2D eigenvalue weighted by molar-refractivity contribution is -0.384. The van der Waals surface area contributed by atoms with Gasteiger partial charge in [0.15, 0.2) is 0 Å². The quantitative estimate of drug-likeness (QED) is 0.360. The number of nitro groups is 1. The molecule has 2 aromatic heterocycles. The van der Waals surface area contributed by atoms with Crippen molar-refractivity contribution in [1.29, 1.82) is 0 Å². The molecule has 5 rings (SSSR count). The average molecular weight is 383 g/mol. The van der Waals surface area contributed by atoms with E-state index >= 15 is 0 Å². The predicted octanol–water partition coefficient (Wildman–Crippen LogP) is 4.72. The van der Waals surface area contributed by atoms with Crippen molar-refractivity contribution < 1.29 is 4.92 Å². The lowest BCUT2D eigenvalue weighted by Crippen LogP contribution is -2.16. The highest BCUT2D eigenvalue weighted by atomic mass is 16.6. The van der Waals surface area contributed by atoms with E-state index in [-0.39, 0.29) is 16.5 Å². The molecule has 2 aromatic carbocycles. The highest BCUT2D eigenvalue weighted by Gasteiger charge is 2.33. The van der Waals surface area contributed by atoms with Crippen molar-refractivity contribution in [3.05, 3.63) is 105 Å². The third kappa shape index (κ3) is 2.75. The lowest BCUT2D eigenvalue weighted by Gasteiger charge is -2.27. The molecular formula is C22H17N5O2. The minimum absolute atomic E-state index is 0.0750. The summed E-state index contributed by atoms with van der Waals surface area (Å²) >= 11 is 0. The number of nitro benzene ring substituents is 1. The van der Waals surface area contributed by atoms with E-state index in [1.165, 1.54) is 0 Å². The zero-order valence-electron chi connectivity index (χ0n) is 15.6. The van der Waals surface area contributed by atoms with Crippen LogP contribution in [0.1, 0.15) is 28.3 Å². The molecule has 1 atom stereocenters. The molecule has 7 nitrogen and oxygen atoms in total. The van der Waals surface area contributed by atoms with Crippen LogP contribution >= 0.6 is 0 Å². The molecule has 29 heavy (non-hydrogen) atoms. The first-order chi connectivity index (χ1) is 14.1. The molecule has 1 aliphatic heterocycles. The summed E-state index contributed by atoms with van der Waals surface area (Å²) in [6, 6.07) is 20.6. The van der Waals surface area contributed by atoms with Gasteiger partial charge in [-0.2, -0.15) is 5.10 Å². The minimum Gasteiger partial charge on any atom is -0.324 e. The van der Waals surface area contributed by atoms with E-state index in [1.54, 1.807) is 18.3 Å². The fraction of sp³-hybridized carbons (Fsp3) is 0.0909. The Morgan fingerprint density at radius 3 is 2.52 bits per heavy atom. The van der Waals surface area contributed by atoms with Gasteiger partial charge in [-0.05, 0) is 30.7 Å². The van der Waals surface area contributed by atoms with Crippen LogP contribution in [0.15, 0.2) is 72.9 Å². The van der Waals surface area contributed by atoms with Gasteiger partial charge in [-0.1, -0.05) is 36.4 Å². The van der Waals surface area contributed by atoms with Crippen LogP contribution in [-0.2, 0) is 0 Å². The summed E-state index contributed by atoms with van der Waals surface area (Å²) in [5, 5.41) is 19.3. The SMILES string of the molecule is Cc1nn(-c2ccccc2)c2c1C(c1ccc([N+](=O)[O-])cc1)c1cccnc1N2. The Bertz CT molecular complexity index is 1220. The summed E-state index contributed by atoms with van der Waals surface area (Å²) < 4.78 is 1.89. The van der Waals surface area contributed by atoms with Gasteiger partial charge in [0.2, 0.25) is 0 Å². The molecule has 0 aliphatic carbocycles. The first-order valence-corrected chi connectivity index (χ1v) is 9.24. The summed E-state index contributed by atoms with van der Waals surface area (Å²) in [7, 11) is 0. The normalized spacial score (nSPS) is 14.6. The van der Waals surface area contributed by atoms with Crippen molar-refractivity contribution in [3.63, 3.8) is 0 Å². The van der Waals surface area contributed by atoms with Crippen molar-refractivity contribution in [3.8, 4) is 5.69 Å². The Morgan fingerprint density at radius 2 is 1.79 bits per heavy atom. The maximum Gasteiger partial charge on any atom is 0.269 e. The van der Waals surface area contributed by atoms with E-state index in [2.05, 4.69) is 10.3 Å². The lowest BCUT2D eigenvalue weighted by atomic mass is 9.83. The molecule has 3 heterocycles. The van der Waals surface area contributed by atoms with Gasteiger partial charge in [0.1, 0.15) is 11.6 Å². The summed E-state index contributed by atoms with van der Waals surface area (Å²) in [4.78, 5) is 15.2. The zero-order chi connectivity index (χ0) is 20.0. The molecule has 0 fully saturated rings. The monoisotopic (exact) mass is 383 g/mol. The molecule has 7 heteroatoms. The van der Waals surface area contributed by atoms with Crippen molar-refractivity contribution in [1.82, 2.24) is 14.8 Å². The number of non-ortho nitro benzene ring substituents is 1. The maximum absolute atomic E-state index is 11.1. The number of nitrogens with zero attached hydrogens (tertiary/aromatic N) is 4. The van der Waals surface area contributed by atoms with Crippen molar-refractivity contribution in [2.24, 2.45) is 0 Å². The molecule has 0 spiro atoms. The van der Waals surface area contributed by atoms with Crippen LogP contribution < -0.4 is 5.32 Å². The zero-order valence-corrected chi connectivity index (χ0v) is 15.6. The molecule has 1 N–H and O–H groups in total. The van der Waals surface area contributed by atoms with E-state index < -0.39 is 0 Å². The van der Waals surface area contributed by atoms with Crippen LogP contribution in [0.3, 0.4) is 0 Å². The molecule has 0 saturated carbocycles. The van der Waals surface area contributed by atoms with Gasteiger partial charge in [0, 0.05) is 35.4 Å². The Labute approximate surface area is 166 Å². The van der Waals surface area contributed by atoms with Crippen molar-refractivity contribution >= 4 is 17.3 Å². The fourth-order valence-corrected chi connectivity index (χ4v) is 3.92. The van der Waals surface area contributed by atoms with Gasteiger partial charge in [-0.25, -0.2) is 9.67 Å². The Hall–Kier alpha value is -4.00. The van der Waals surface area contributed by atoms with Crippen molar-refractivity contribution in [2.75, 3.05) is 5.32 Å². The number of pyridine rings is 1. The van der Waals surface area contributed by atoms with E-state index in [9.17, 15) is 10.1 Å². The van der Waals surface area contributed by atoms with E-state index in [0.29, 0.717) is 0 Å². The largest absolute Gasteiger partial charge is 0.324 e. The summed E-state index contributed by atoms with van der Waals surface area (Å²) in [5.74, 6) is 1.51. The highest BCUT2D eigenvalue weighted by Crippen LogP contribution is 2.46. The number of nitrogens with one attached hydrogen (secondary N) is 1. The van der Waals surface area contributed by atoms with Gasteiger partial charge >= 0.3 is 0 Å². The molecule has 0 radical (unpaired) electrons. The van der Waals surface area contributed by atoms with Crippen LogP contribution in [-0.4, -0.2) is 19.7 Å². The third-order valence-electron chi connectivity index (χ3n) is 5.22. The van der Waals surface area contributed by atoms with E-state index in [1.807, 2.05) is 66.2 Å². The Morgan fingerprint density at radius 1 is 1.03 bits per heavy atom. The number of rotatable bonds is 3. The van der Waals surface area contributed by atoms with Crippen LogP contribution in [0.4, 0.5) is 17.3 Å². The standard InChI is InChI=1S/C22H17N5O2/c1-14-19-20(15-9-11-17(12-10-15)27(28)29)18-8-5-13-23-21(18)24-22(19)26(25-14)16-6-3-2-4-7-16/h2-13,20H,1H3,(H,23,24). The van der Waals surface area contributed by atoms with Gasteiger partial charge in [0.25, 0.3) is 5.69 Å². The molecule has 0 bridgehead atoms. The summed E-state index contributed by atoms with van der Waals surface area (Å²) in [5.41, 5.74) is 4.95. The number of fused-ring (bicyclic) bond motifs is 2. The molecule has 0 saturated heterocycles. The van der Waals surface area contributed by atoms with E-state index in [0.717, 1.165) is 39.7 Å². The smallest absolute Gasteiger partial charge is 0.269 e. The number of hydrogen-bond donors (Lipinski definition) is 1. The molecule has 0 amide bonds. The Kier molecular flexibility index (Phi) is 3.87. The second kappa shape index (κ2) is 6.56. The molecule has 1 aliphatic rings. The first kappa shape index (κ1) is 17.1. The average Bonchev–Trinajstić information content (AvgIpc) is 3.09. The number of para-hydroxylation sites is 1. The van der Waals surface area contributed by atoms with Gasteiger partial charge < -0.3 is 5.32 Å². The molecule has 1 unspecified atom stereocenters. The van der Waals surface area contributed by atoms with Crippen LogP contribution in [0.25, 0.3) is 5.69 Å². The van der Waals surface area contributed by atoms with Crippen LogP contribution in [0, 0.1) is 17.0 Å². The number of hydrogen-bond acceptors (Lipinski definition) is 5. The van der Waals surface area contributed by atoms with Crippen LogP contribution in [0.2, 0.25) is 0 Å². The van der Waals surface area contributed by atoms with Gasteiger partial charge in [-0.3, -0.25) is 10.1 Å². The number of benzene rings is 2. The number of aryl methyl sites for hydroxylation is 1. The van der Waals surface area contributed by atoms with Crippen LogP contribution in [0.5, 0.6) is 0 Å². The van der Waals surface area contributed by atoms with Crippen molar-refractivity contribution in [2.45, 2.75) is 12.8 Å². The first-order valence-electron chi connectivity index (χ1n) is 9.24. The predicted molar refractivity (Wildman–Crippen MR) is 110 cm³/mol. The third-order valence-corrected chi connectivity index (χ3v) is 5.22. The Balaban J connectivity index is 1.72. The number of anilines is 2. The number of aromatic nitrogens is 3. The second-order valence-corrected chi connectivity index (χ2v) is 6.94. The summed E-state index contributed by atoms with van der Waals surface area (Å²) in [6.07, 6.45) is 1.75. The van der Waals surface area contributed by atoms with E-state index in [4.69, 9.17) is 5.10 Å². The molecule has 4 aromatic rings. The summed E-state index contributed by atoms with van der Waals surface area (Å²) in [6.45, 7) is 1.99. The van der Waals surface area contributed by atoms with Gasteiger partial charge in [0.05, 0.1) is 16.3 Å². The second-order valence-electron chi connectivity index (χ2n) is 6.94. The molecule has 142 valence electrons. The minimum atomic E-state index is -0.383. The molecular weight excluding hydrogens is 366 g/mol. The maximum atomic E-state index is 11.1.